The first-order valence-electron chi connectivity index (χ1n) is 10.2. The van der Waals surface area contributed by atoms with E-state index in [2.05, 4.69) is 59.9 Å². The summed E-state index contributed by atoms with van der Waals surface area (Å²) in [5.41, 5.74) is 8.90. The molecule has 146 valence electrons. The van der Waals surface area contributed by atoms with Crippen molar-refractivity contribution in [1.82, 2.24) is 19.9 Å². The van der Waals surface area contributed by atoms with E-state index in [4.69, 9.17) is 9.97 Å². The number of fused-ring (bicyclic) bond motifs is 6. The molecule has 0 aromatic carbocycles. The van der Waals surface area contributed by atoms with Crippen LogP contribution in [0.3, 0.4) is 0 Å². The smallest absolute Gasteiger partial charge is 0.0431 e. The van der Waals surface area contributed by atoms with Gasteiger partial charge in [0, 0.05) is 51.6 Å². The number of nitrogens with one attached hydrogen (secondary N) is 2. The molecule has 0 unspecified atom stereocenters. The Kier molecular flexibility index (Phi) is 6.64. The second-order valence-electron chi connectivity index (χ2n) is 6.96. The maximum atomic E-state index is 4.80. The fourth-order valence-corrected chi connectivity index (χ4v) is 3.52. The van der Waals surface area contributed by atoms with Crippen LogP contribution in [-0.2, 0) is 32.1 Å². The molecule has 2 aliphatic heterocycles. The fourth-order valence-electron chi connectivity index (χ4n) is 3.52. The second kappa shape index (κ2) is 9.36. The summed E-state index contributed by atoms with van der Waals surface area (Å²) in [7, 11) is 0. The van der Waals surface area contributed by atoms with Crippen LogP contribution in [0.25, 0.3) is 11.0 Å². The quantitative estimate of drug-likeness (QED) is 0.696. The van der Waals surface area contributed by atoms with Crippen molar-refractivity contribution in [1.29, 1.82) is 0 Å². The van der Waals surface area contributed by atoms with Crippen molar-refractivity contribution in [3.63, 3.8) is 0 Å². The molecular formula is C24H30N4. The Morgan fingerprint density at radius 1 is 0.821 bits per heavy atom. The highest BCUT2D eigenvalue weighted by molar-refractivity contribution is 5.59. The molecule has 0 atom stereocenters. The Bertz CT molecular complexity index is 1010. The van der Waals surface area contributed by atoms with Crippen molar-refractivity contribution in [2.45, 2.75) is 52.9 Å². The van der Waals surface area contributed by atoms with Gasteiger partial charge in [0.2, 0.25) is 0 Å². The van der Waals surface area contributed by atoms with E-state index in [1.165, 1.54) is 0 Å². The number of H-pyrrole nitrogens is 2. The molecular weight excluding hydrogens is 344 g/mol. The van der Waals surface area contributed by atoms with Gasteiger partial charge in [-0.1, -0.05) is 19.9 Å². The largest absolute Gasteiger partial charge is 0.362 e. The average molecular weight is 375 g/mol. The minimum atomic E-state index is 0.793. The highest BCUT2D eigenvalue weighted by Crippen LogP contribution is 2.15. The first-order chi connectivity index (χ1) is 13.7. The molecule has 0 saturated heterocycles. The molecule has 0 aliphatic carbocycles. The molecule has 6 bridgehead atoms. The molecule has 4 heterocycles. The Balaban J connectivity index is 0.00000109. The molecule has 2 aliphatic rings. The first-order valence-corrected chi connectivity index (χ1v) is 10.2. The van der Waals surface area contributed by atoms with Crippen molar-refractivity contribution < 1.29 is 0 Å². The van der Waals surface area contributed by atoms with Crippen LogP contribution < -0.4 is 0 Å². The van der Waals surface area contributed by atoms with Crippen LogP contribution in [0.2, 0.25) is 0 Å². The van der Waals surface area contributed by atoms with Gasteiger partial charge in [0.15, 0.2) is 0 Å². The van der Waals surface area contributed by atoms with Crippen molar-refractivity contribution in [3.8, 4) is 0 Å². The third kappa shape index (κ3) is 5.10. The predicted octanol–water partition coefficient (Wildman–Crippen LogP) is 5.36. The highest BCUT2D eigenvalue weighted by Gasteiger charge is 2.07. The Morgan fingerprint density at radius 2 is 1.32 bits per heavy atom. The van der Waals surface area contributed by atoms with Gasteiger partial charge in [-0.15, -0.1) is 6.58 Å². The molecule has 0 fully saturated rings. The van der Waals surface area contributed by atoms with Gasteiger partial charge < -0.3 is 9.97 Å². The molecule has 4 nitrogen and oxygen atoms in total. The maximum Gasteiger partial charge on any atom is 0.0431 e. The zero-order valence-corrected chi connectivity index (χ0v) is 17.2. The summed E-state index contributed by atoms with van der Waals surface area (Å²) in [6.45, 7) is 9.97. The van der Waals surface area contributed by atoms with Gasteiger partial charge in [0.25, 0.3) is 0 Å². The van der Waals surface area contributed by atoms with Gasteiger partial charge >= 0.3 is 0 Å². The summed E-state index contributed by atoms with van der Waals surface area (Å²) in [6, 6.07) is 12.8. The molecule has 28 heavy (non-hydrogen) atoms. The second-order valence-corrected chi connectivity index (χ2v) is 6.96. The third-order valence-electron chi connectivity index (χ3n) is 4.67. The van der Waals surface area contributed by atoms with E-state index in [1.807, 2.05) is 19.9 Å². The van der Waals surface area contributed by atoms with Crippen molar-refractivity contribution in [3.05, 3.63) is 83.2 Å². The number of hydrogen-bond donors (Lipinski definition) is 2. The van der Waals surface area contributed by atoms with Crippen LogP contribution in [-0.4, -0.2) is 19.9 Å². The monoisotopic (exact) mass is 374 g/mol. The van der Waals surface area contributed by atoms with Crippen LogP contribution >= 0.6 is 0 Å². The first kappa shape index (κ1) is 19.9. The van der Waals surface area contributed by atoms with Crippen molar-refractivity contribution in [2.75, 3.05) is 0 Å². The molecule has 0 amide bonds. The topological polar surface area (TPSA) is 57.4 Å². The zero-order chi connectivity index (χ0) is 19.9. The molecule has 2 N–H and O–H groups in total. The number of aromatic amines is 2. The average Bonchev–Trinajstić information content (AvgIpc) is 3.40. The van der Waals surface area contributed by atoms with Crippen LogP contribution in [0.1, 0.15) is 48.0 Å². The van der Waals surface area contributed by atoms with Crippen LogP contribution in [0.4, 0.5) is 0 Å². The fraction of sp³-hybridized carbons (Fsp3) is 0.333. The van der Waals surface area contributed by atoms with Crippen LogP contribution in [0.15, 0.2) is 49.1 Å². The van der Waals surface area contributed by atoms with Gasteiger partial charge in [0.05, 0.1) is 0 Å². The highest BCUT2D eigenvalue weighted by atomic mass is 14.8. The number of hydrogen-bond acceptors (Lipinski definition) is 2. The minimum absolute atomic E-state index is 0.793. The van der Waals surface area contributed by atoms with E-state index in [-0.39, 0.29) is 0 Å². The molecule has 4 heteroatoms. The number of nitrogens with zero attached hydrogens (tertiary/aromatic N) is 2. The summed E-state index contributed by atoms with van der Waals surface area (Å²) in [5.74, 6) is 0. The summed E-state index contributed by atoms with van der Waals surface area (Å²) >= 11 is 0. The van der Waals surface area contributed by atoms with Crippen LogP contribution in [0, 0.1) is 6.92 Å². The molecule has 2 aromatic heterocycles. The number of rotatable bonds is 2. The summed E-state index contributed by atoms with van der Waals surface area (Å²) in [6.07, 6.45) is 6.63. The number of allylic oxidation sites excluding steroid dienone is 1. The van der Waals surface area contributed by atoms with Crippen molar-refractivity contribution >= 4 is 11.0 Å². The minimum Gasteiger partial charge on any atom is -0.362 e. The van der Waals surface area contributed by atoms with Gasteiger partial charge in [-0.2, -0.15) is 0 Å². The van der Waals surface area contributed by atoms with E-state index >= 15 is 0 Å². The maximum absolute atomic E-state index is 4.80. The van der Waals surface area contributed by atoms with E-state index in [9.17, 15) is 0 Å². The van der Waals surface area contributed by atoms with Gasteiger partial charge in [-0.05, 0) is 69.0 Å². The molecule has 2 aromatic rings. The zero-order valence-electron chi connectivity index (χ0n) is 17.2. The lowest BCUT2D eigenvalue weighted by Gasteiger charge is -1.98. The molecule has 0 saturated carbocycles. The lowest BCUT2D eigenvalue weighted by atomic mass is 10.2. The molecule has 0 radical (unpaired) electrons. The Labute approximate surface area is 167 Å². The SMILES string of the molecule is C=CCc1cc2nc(cc3ccc(cc4nc(cc(C)[nH]1)CC4)[nH]3)CC2.CC. The number of aromatic nitrogens is 4. The third-order valence-corrected chi connectivity index (χ3v) is 4.67. The Morgan fingerprint density at radius 3 is 1.86 bits per heavy atom. The summed E-state index contributed by atoms with van der Waals surface area (Å²) < 4.78 is 0. The van der Waals surface area contributed by atoms with E-state index in [1.54, 1.807) is 0 Å². The number of aryl methyl sites for hydroxylation is 5. The lowest BCUT2D eigenvalue weighted by Crippen LogP contribution is -1.90. The van der Waals surface area contributed by atoms with E-state index < -0.39 is 0 Å². The van der Waals surface area contributed by atoms with E-state index in [0.717, 1.165) is 77.3 Å². The predicted molar refractivity (Wildman–Crippen MR) is 117 cm³/mol. The van der Waals surface area contributed by atoms with Crippen molar-refractivity contribution in [2.24, 2.45) is 0 Å². The van der Waals surface area contributed by atoms with E-state index in [0.29, 0.717) is 0 Å². The van der Waals surface area contributed by atoms with Crippen LogP contribution in [0.5, 0.6) is 0 Å². The molecule has 4 rings (SSSR count). The molecule has 0 spiro atoms. The lowest BCUT2D eigenvalue weighted by molar-refractivity contribution is 0.999. The van der Waals surface area contributed by atoms with Gasteiger partial charge in [-0.3, -0.25) is 9.97 Å². The Hall–Kier alpha value is -2.88. The normalized spacial score (nSPS) is 12.5. The van der Waals surface area contributed by atoms with Gasteiger partial charge in [-0.25, -0.2) is 0 Å². The standard InChI is InChI=1S/C22H24N4.C2H6/c1-3-4-16-12-18-7-8-21(25-18)14-22-10-9-20(26-22)13-19-6-5-17(24-19)11-15(2)23-16;1-2/h3,9-14,23,26H,1,4-8H2,2H3;1-2H3. The summed E-state index contributed by atoms with van der Waals surface area (Å²) in [4.78, 5) is 16.5. The van der Waals surface area contributed by atoms with Gasteiger partial charge in [0.1, 0.15) is 0 Å². The summed E-state index contributed by atoms with van der Waals surface area (Å²) in [5, 5.41) is 0.